The summed E-state index contributed by atoms with van der Waals surface area (Å²) < 4.78 is 0. The molecule has 4 aliphatic rings. The van der Waals surface area contributed by atoms with Crippen molar-refractivity contribution < 1.29 is 15.3 Å². The fourth-order valence-corrected chi connectivity index (χ4v) is 7.56. The highest BCUT2D eigenvalue weighted by Crippen LogP contribution is 2.59. The predicted octanol–water partition coefficient (Wildman–Crippen LogP) is 7.21. The van der Waals surface area contributed by atoms with Gasteiger partial charge >= 0.3 is 0 Å². The van der Waals surface area contributed by atoms with Gasteiger partial charge < -0.3 is 15.3 Å². The molecule has 0 bridgehead atoms. The highest BCUT2D eigenvalue weighted by atomic mass is 16.3. The van der Waals surface area contributed by atoms with E-state index in [1.54, 1.807) is 0 Å². The monoisotopic (exact) mass is 494 g/mol. The zero-order chi connectivity index (χ0) is 25.9. The Morgan fingerprint density at radius 1 is 1.11 bits per heavy atom. The van der Waals surface area contributed by atoms with E-state index in [0.29, 0.717) is 30.6 Å². The molecule has 0 aromatic heterocycles. The maximum Gasteiger partial charge on any atom is 0.0811 e. The molecule has 3 N–H and O–H groups in total. The van der Waals surface area contributed by atoms with Crippen LogP contribution < -0.4 is 0 Å². The second kappa shape index (κ2) is 11.5. The van der Waals surface area contributed by atoms with E-state index in [2.05, 4.69) is 63.8 Å². The van der Waals surface area contributed by atoms with E-state index in [4.69, 9.17) is 0 Å². The Morgan fingerprint density at radius 2 is 1.89 bits per heavy atom. The second-order valence-electron chi connectivity index (χ2n) is 12.6. The number of unbranched alkanes of at least 4 members (excludes halogenated alkanes) is 2. The third-order valence-corrected chi connectivity index (χ3v) is 10.1. The van der Waals surface area contributed by atoms with Crippen molar-refractivity contribution in [3.05, 3.63) is 59.8 Å². The summed E-state index contributed by atoms with van der Waals surface area (Å²) in [6.07, 6.45) is 24.8. The summed E-state index contributed by atoms with van der Waals surface area (Å²) in [6, 6.07) is 0. The van der Waals surface area contributed by atoms with Gasteiger partial charge in [0.25, 0.3) is 0 Å². The van der Waals surface area contributed by atoms with E-state index in [1.807, 2.05) is 0 Å². The molecule has 4 aliphatic carbocycles. The summed E-state index contributed by atoms with van der Waals surface area (Å²) in [5.41, 5.74) is 3.58. The average molecular weight is 495 g/mol. The van der Waals surface area contributed by atoms with Gasteiger partial charge in [0.2, 0.25) is 0 Å². The first kappa shape index (κ1) is 27.6. The van der Waals surface area contributed by atoms with Gasteiger partial charge in [-0.1, -0.05) is 82.2 Å². The van der Waals surface area contributed by atoms with Crippen LogP contribution in [0.25, 0.3) is 0 Å². The van der Waals surface area contributed by atoms with Gasteiger partial charge in [-0.2, -0.15) is 0 Å². The Kier molecular flexibility index (Phi) is 8.85. The van der Waals surface area contributed by atoms with Gasteiger partial charge in [0.15, 0.2) is 0 Å². The Balaban J connectivity index is 1.42. The van der Waals surface area contributed by atoms with Gasteiger partial charge in [0.1, 0.15) is 0 Å². The van der Waals surface area contributed by atoms with Crippen molar-refractivity contribution in [2.45, 2.75) is 116 Å². The van der Waals surface area contributed by atoms with Crippen molar-refractivity contribution in [2.75, 3.05) is 0 Å². The molecule has 0 saturated heterocycles. The van der Waals surface area contributed by atoms with E-state index in [-0.39, 0.29) is 16.9 Å². The van der Waals surface area contributed by atoms with E-state index < -0.39 is 12.2 Å². The maximum absolute atomic E-state index is 11.0. The molecule has 0 aliphatic heterocycles. The fraction of sp³-hybridized carbons (Fsp3) is 0.697. The molecule has 0 aromatic carbocycles. The van der Waals surface area contributed by atoms with Crippen molar-refractivity contribution in [1.82, 2.24) is 0 Å². The molecule has 3 nitrogen and oxygen atoms in total. The number of rotatable bonds is 9. The van der Waals surface area contributed by atoms with Crippen LogP contribution in [0.1, 0.15) is 97.8 Å². The average Bonchev–Trinajstić information content (AvgIpc) is 3.55. The summed E-state index contributed by atoms with van der Waals surface area (Å²) >= 11 is 0. The molecule has 0 aromatic rings. The third-order valence-electron chi connectivity index (χ3n) is 10.1. The molecule has 0 unspecified atom stereocenters. The van der Waals surface area contributed by atoms with Crippen LogP contribution in [-0.4, -0.2) is 33.6 Å². The standard InChI is InChI=1S/C33H50O3/c1-5-6-7-8-18-33(19-20-33)31(36)16-11-23(2)28-14-15-29-25(10-9-17-32(28,29)4)12-13-26-21-27(34)22-30(35)24(26)3/h8,11-13,16,18,23,27-31,34-36H,3,5-7,9-10,14-15,17,19-22H2,1-2,4H3/t23-,27-,28-,29+,30+,31-,32-/m1/s1. The van der Waals surface area contributed by atoms with Gasteiger partial charge in [0, 0.05) is 11.8 Å². The normalized spacial score (nSPS) is 38.2. The van der Waals surface area contributed by atoms with Crippen LogP contribution in [-0.2, 0) is 0 Å². The SMILES string of the molecule is C=C1C(=CC=C2CCC[C@]3(C)[C@@H]([C@H](C)C=C[C@@H](O)C4(C=CCCCC)CC4)CC[C@@H]23)C[C@@H](O)C[C@@H]1O. The van der Waals surface area contributed by atoms with Gasteiger partial charge in [-0.25, -0.2) is 0 Å². The van der Waals surface area contributed by atoms with Crippen LogP contribution in [0.5, 0.6) is 0 Å². The number of aliphatic hydroxyl groups is 3. The Bertz CT molecular complexity index is 904. The predicted molar refractivity (Wildman–Crippen MR) is 149 cm³/mol. The van der Waals surface area contributed by atoms with Gasteiger partial charge in [-0.05, 0) is 92.1 Å². The smallest absolute Gasteiger partial charge is 0.0811 e. The molecule has 0 amide bonds. The van der Waals surface area contributed by atoms with Crippen LogP contribution in [0.2, 0.25) is 0 Å². The number of hydrogen-bond donors (Lipinski definition) is 3. The maximum atomic E-state index is 11.0. The van der Waals surface area contributed by atoms with Crippen LogP contribution in [0.3, 0.4) is 0 Å². The molecular weight excluding hydrogens is 444 g/mol. The minimum Gasteiger partial charge on any atom is -0.393 e. The summed E-state index contributed by atoms with van der Waals surface area (Å²) in [5, 5.41) is 31.3. The lowest BCUT2D eigenvalue weighted by Gasteiger charge is -2.44. The van der Waals surface area contributed by atoms with Crippen molar-refractivity contribution in [3.8, 4) is 0 Å². The lowest BCUT2D eigenvalue weighted by molar-refractivity contribution is 0.0862. The zero-order valence-corrected chi connectivity index (χ0v) is 23.0. The number of fused-ring (bicyclic) bond motifs is 1. The number of hydrogen-bond acceptors (Lipinski definition) is 3. The summed E-state index contributed by atoms with van der Waals surface area (Å²) in [6.45, 7) is 11.2. The van der Waals surface area contributed by atoms with Crippen LogP contribution in [0.15, 0.2) is 59.8 Å². The lowest BCUT2D eigenvalue weighted by Crippen LogP contribution is -2.35. The molecule has 4 fully saturated rings. The molecule has 7 atom stereocenters. The molecule has 0 radical (unpaired) electrons. The molecule has 200 valence electrons. The highest BCUT2D eigenvalue weighted by molar-refractivity contribution is 5.38. The first-order valence-corrected chi connectivity index (χ1v) is 14.7. The van der Waals surface area contributed by atoms with Crippen molar-refractivity contribution >= 4 is 0 Å². The third kappa shape index (κ3) is 5.84. The van der Waals surface area contributed by atoms with Crippen molar-refractivity contribution in [1.29, 1.82) is 0 Å². The van der Waals surface area contributed by atoms with Crippen molar-refractivity contribution in [3.63, 3.8) is 0 Å². The first-order valence-electron chi connectivity index (χ1n) is 14.7. The Morgan fingerprint density at radius 3 is 2.61 bits per heavy atom. The van der Waals surface area contributed by atoms with Crippen molar-refractivity contribution in [2.24, 2.45) is 28.6 Å². The molecule has 36 heavy (non-hydrogen) atoms. The Hall–Kier alpha value is -1.42. The minimum atomic E-state index is -0.629. The van der Waals surface area contributed by atoms with Gasteiger partial charge in [0.05, 0.1) is 18.3 Å². The molecule has 4 rings (SSSR count). The molecular formula is C33H50O3. The topological polar surface area (TPSA) is 60.7 Å². The van der Waals surface area contributed by atoms with Crippen LogP contribution in [0, 0.1) is 28.6 Å². The largest absolute Gasteiger partial charge is 0.393 e. The molecule has 4 saturated carbocycles. The van der Waals surface area contributed by atoms with Crippen LogP contribution >= 0.6 is 0 Å². The zero-order valence-electron chi connectivity index (χ0n) is 23.0. The first-order chi connectivity index (χ1) is 17.2. The summed E-state index contributed by atoms with van der Waals surface area (Å²) in [4.78, 5) is 0. The minimum absolute atomic E-state index is 0.00932. The summed E-state index contributed by atoms with van der Waals surface area (Å²) in [7, 11) is 0. The van der Waals surface area contributed by atoms with Gasteiger partial charge in [-0.15, -0.1) is 0 Å². The number of allylic oxidation sites excluding steroid dienone is 5. The van der Waals surface area contributed by atoms with E-state index in [1.165, 1.54) is 44.1 Å². The second-order valence-corrected chi connectivity index (χ2v) is 12.6. The van der Waals surface area contributed by atoms with E-state index in [9.17, 15) is 15.3 Å². The van der Waals surface area contributed by atoms with E-state index >= 15 is 0 Å². The fourth-order valence-electron chi connectivity index (χ4n) is 7.56. The van der Waals surface area contributed by atoms with E-state index in [0.717, 1.165) is 36.8 Å². The molecule has 0 heterocycles. The van der Waals surface area contributed by atoms with Crippen LogP contribution in [0.4, 0.5) is 0 Å². The quantitative estimate of drug-likeness (QED) is 0.234. The molecule has 0 spiro atoms. The van der Waals surface area contributed by atoms with Gasteiger partial charge in [-0.3, -0.25) is 0 Å². The lowest BCUT2D eigenvalue weighted by atomic mass is 9.61. The number of aliphatic hydroxyl groups excluding tert-OH is 3. The Labute approximate surface area is 219 Å². The highest BCUT2D eigenvalue weighted by Gasteiger charge is 2.50. The molecule has 3 heteroatoms. The summed E-state index contributed by atoms with van der Waals surface area (Å²) in [5.74, 6) is 1.68.